The van der Waals surface area contributed by atoms with Gasteiger partial charge in [0.15, 0.2) is 5.82 Å². The number of benzene rings is 2. The molecule has 0 aliphatic rings. The first-order valence-corrected chi connectivity index (χ1v) is 10.0. The van der Waals surface area contributed by atoms with Crippen molar-refractivity contribution in [3.63, 3.8) is 0 Å². The fourth-order valence-corrected chi connectivity index (χ4v) is 3.74. The minimum atomic E-state index is -4.03. The lowest BCUT2D eigenvalue weighted by atomic mass is 10.3. The summed E-state index contributed by atoms with van der Waals surface area (Å²) in [5, 5.41) is 11.1. The van der Waals surface area contributed by atoms with E-state index in [1.54, 1.807) is 30.5 Å². The monoisotopic (exact) mass is 417 g/mol. The van der Waals surface area contributed by atoms with Gasteiger partial charge in [0, 0.05) is 31.5 Å². The van der Waals surface area contributed by atoms with Gasteiger partial charge >= 0.3 is 0 Å². The number of hydrogen-bond donors (Lipinski definition) is 2. The van der Waals surface area contributed by atoms with Crippen LogP contribution in [0.4, 0.5) is 27.3 Å². The van der Waals surface area contributed by atoms with E-state index >= 15 is 0 Å². The first-order chi connectivity index (χ1) is 13.8. The lowest BCUT2D eigenvalue weighted by molar-refractivity contribution is 0.401. The van der Waals surface area contributed by atoms with E-state index in [9.17, 15) is 12.8 Å². The van der Waals surface area contributed by atoms with Crippen molar-refractivity contribution in [3.05, 3.63) is 60.5 Å². The quantitative estimate of drug-likeness (QED) is 0.609. The largest absolute Gasteiger partial charge is 0.495 e. The summed E-state index contributed by atoms with van der Waals surface area (Å²) in [7, 11) is 1.09. The molecule has 3 rings (SSSR count). The second-order valence-corrected chi connectivity index (χ2v) is 7.95. The van der Waals surface area contributed by atoms with Crippen LogP contribution in [0.25, 0.3) is 0 Å². The minimum Gasteiger partial charge on any atom is -0.495 e. The topological polar surface area (TPSA) is 96.5 Å². The van der Waals surface area contributed by atoms with Crippen molar-refractivity contribution in [2.45, 2.75) is 4.90 Å². The van der Waals surface area contributed by atoms with E-state index in [0.29, 0.717) is 17.2 Å². The van der Waals surface area contributed by atoms with Gasteiger partial charge in [0.05, 0.1) is 19.0 Å². The third-order valence-electron chi connectivity index (χ3n) is 3.98. The third kappa shape index (κ3) is 4.91. The molecule has 0 spiro atoms. The number of aromatic nitrogens is 2. The maximum absolute atomic E-state index is 13.5. The number of nitrogens with one attached hydrogen (secondary N) is 2. The molecule has 0 saturated heterocycles. The van der Waals surface area contributed by atoms with Crippen molar-refractivity contribution < 1.29 is 17.5 Å². The van der Waals surface area contributed by atoms with Crippen molar-refractivity contribution in [3.8, 4) is 5.75 Å². The van der Waals surface area contributed by atoms with Gasteiger partial charge in [0.1, 0.15) is 16.5 Å². The van der Waals surface area contributed by atoms with Crippen LogP contribution in [-0.4, -0.2) is 39.8 Å². The van der Waals surface area contributed by atoms with Crippen LogP contribution >= 0.6 is 0 Å². The van der Waals surface area contributed by atoms with Gasteiger partial charge in [0.25, 0.3) is 10.0 Å². The molecule has 29 heavy (non-hydrogen) atoms. The van der Waals surface area contributed by atoms with Crippen LogP contribution < -0.4 is 19.7 Å². The van der Waals surface area contributed by atoms with Crippen molar-refractivity contribution >= 4 is 32.9 Å². The highest BCUT2D eigenvalue weighted by molar-refractivity contribution is 7.92. The molecule has 0 amide bonds. The van der Waals surface area contributed by atoms with Gasteiger partial charge in [-0.05, 0) is 42.5 Å². The van der Waals surface area contributed by atoms with Crippen LogP contribution in [0.15, 0.2) is 59.6 Å². The number of ether oxygens (including phenoxy) is 1. The Labute approximate surface area is 168 Å². The Kier molecular flexibility index (Phi) is 5.83. The van der Waals surface area contributed by atoms with Gasteiger partial charge in [-0.25, -0.2) is 12.8 Å². The summed E-state index contributed by atoms with van der Waals surface area (Å²) >= 11 is 0. The minimum absolute atomic E-state index is 0.0523. The molecular weight excluding hydrogens is 397 g/mol. The van der Waals surface area contributed by atoms with Crippen molar-refractivity contribution in [2.75, 3.05) is 36.1 Å². The molecule has 3 aromatic rings. The summed E-state index contributed by atoms with van der Waals surface area (Å²) < 4.78 is 46.2. The molecule has 2 N–H and O–H groups in total. The van der Waals surface area contributed by atoms with Crippen LogP contribution in [0.5, 0.6) is 5.75 Å². The molecule has 0 aliphatic heterocycles. The lowest BCUT2D eigenvalue weighted by Gasteiger charge is -2.14. The van der Waals surface area contributed by atoms with Gasteiger partial charge in [-0.15, -0.1) is 5.10 Å². The maximum Gasteiger partial charge on any atom is 0.265 e. The summed E-state index contributed by atoms with van der Waals surface area (Å²) in [6.07, 6.45) is 1.64. The SMILES string of the molecule is COc1ccc(F)cc1S(=O)(=O)Nc1ccc(Nc2cc(N(C)C)cnn2)cc1. The molecule has 0 bridgehead atoms. The van der Waals surface area contributed by atoms with Gasteiger partial charge in [0.2, 0.25) is 0 Å². The number of nitrogens with zero attached hydrogens (tertiary/aromatic N) is 3. The fraction of sp³-hybridized carbons (Fsp3) is 0.158. The van der Waals surface area contributed by atoms with Crippen LogP contribution in [0.2, 0.25) is 0 Å². The highest BCUT2D eigenvalue weighted by Gasteiger charge is 2.20. The summed E-state index contributed by atoms with van der Waals surface area (Å²) in [6.45, 7) is 0. The third-order valence-corrected chi connectivity index (χ3v) is 5.38. The molecule has 1 heterocycles. The van der Waals surface area contributed by atoms with Crippen LogP contribution in [0.1, 0.15) is 0 Å². The van der Waals surface area contributed by atoms with E-state index in [-0.39, 0.29) is 10.6 Å². The van der Waals surface area contributed by atoms with Crippen LogP contribution in [0, 0.1) is 5.82 Å². The molecule has 1 aromatic heterocycles. The summed E-state index contributed by atoms with van der Waals surface area (Å²) in [6, 6.07) is 11.7. The highest BCUT2D eigenvalue weighted by atomic mass is 32.2. The summed E-state index contributed by atoms with van der Waals surface area (Å²) in [5.41, 5.74) is 1.90. The number of sulfonamides is 1. The lowest BCUT2D eigenvalue weighted by Crippen LogP contribution is -2.14. The second kappa shape index (κ2) is 8.31. The van der Waals surface area contributed by atoms with Gasteiger partial charge in [-0.1, -0.05) is 0 Å². The van der Waals surface area contributed by atoms with Crippen LogP contribution in [0.3, 0.4) is 0 Å². The Balaban J connectivity index is 1.77. The molecule has 0 radical (unpaired) electrons. The predicted molar refractivity (Wildman–Crippen MR) is 110 cm³/mol. The van der Waals surface area contributed by atoms with Crippen molar-refractivity contribution in [1.29, 1.82) is 0 Å². The molecule has 0 atom stereocenters. The van der Waals surface area contributed by atoms with E-state index in [1.165, 1.54) is 13.2 Å². The van der Waals surface area contributed by atoms with E-state index < -0.39 is 15.8 Å². The zero-order chi connectivity index (χ0) is 21.0. The van der Waals surface area contributed by atoms with Crippen LogP contribution in [-0.2, 0) is 10.0 Å². The smallest absolute Gasteiger partial charge is 0.265 e. The number of methoxy groups -OCH3 is 1. The Morgan fingerprint density at radius 3 is 2.38 bits per heavy atom. The Hall–Kier alpha value is -3.40. The predicted octanol–water partition coefficient (Wildman–Crippen LogP) is 3.23. The van der Waals surface area contributed by atoms with E-state index in [4.69, 9.17) is 4.74 Å². The fourth-order valence-electron chi connectivity index (χ4n) is 2.50. The Bertz CT molecular complexity index is 1110. The molecular formula is C19H20FN5O3S. The number of hydrogen-bond acceptors (Lipinski definition) is 7. The van der Waals surface area contributed by atoms with E-state index in [2.05, 4.69) is 20.2 Å². The standard InChI is InChI=1S/C19H20FN5O3S/c1-25(2)16-11-19(23-21-12-16)22-14-5-7-15(8-6-14)24-29(26,27)18-10-13(20)4-9-17(18)28-3/h4-12,24H,1-3H3,(H,22,23). The molecule has 152 valence electrons. The van der Waals surface area contributed by atoms with Crippen molar-refractivity contribution in [1.82, 2.24) is 10.2 Å². The maximum atomic E-state index is 13.5. The average molecular weight is 417 g/mol. The van der Waals surface area contributed by atoms with Gasteiger partial charge in [-0.2, -0.15) is 5.10 Å². The molecule has 0 unspecified atom stereocenters. The zero-order valence-electron chi connectivity index (χ0n) is 16.0. The summed E-state index contributed by atoms with van der Waals surface area (Å²) in [4.78, 5) is 1.62. The normalized spacial score (nSPS) is 11.0. The average Bonchev–Trinajstić information content (AvgIpc) is 2.69. The van der Waals surface area contributed by atoms with E-state index in [1.807, 2.05) is 25.1 Å². The molecule has 0 fully saturated rings. The second-order valence-electron chi connectivity index (χ2n) is 6.30. The molecule has 10 heteroatoms. The molecule has 8 nitrogen and oxygen atoms in total. The van der Waals surface area contributed by atoms with Gasteiger partial charge < -0.3 is 15.0 Å². The Morgan fingerprint density at radius 1 is 1.03 bits per heavy atom. The summed E-state index contributed by atoms with van der Waals surface area (Å²) in [5.74, 6) is -0.0719. The van der Waals surface area contributed by atoms with Crippen molar-refractivity contribution in [2.24, 2.45) is 0 Å². The number of rotatable bonds is 7. The first-order valence-electron chi connectivity index (χ1n) is 8.52. The van der Waals surface area contributed by atoms with Gasteiger partial charge in [-0.3, -0.25) is 4.72 Å². The molecule has 0 saturated carbocycles. The number of halogens is 1. The molecule has 2 aromatic carbocycles. The first kappa shape index (κ1) is 20.3. The number of anilines is 4. The molecule has 0 aliphatic carbocycles. The van der Waals surface area contributed by atoms with E-state index in [0.717, 1.165) is 17.8 Å². The zero-order valence-corrected chi connectivity index (χ0v) is 16.9. The Morgan fingerprint density at radius 2 is 1.72 bits per heavy atom. The highest BCUT2D eigenvalue weighted by Crippen LogP contribution is 2.27.